The number of pyridine rings is 1. The molecule has 1 aliphatic heterocycles. The number of rotatable bonds is 4. The van der Waals surface area contributed by atoms with Gasteiger partial charge < -0.3 is 10.4 Å². The highest BCUT2D eigenvalue weighted by atomic mass is 35.5. The van der Waals surface area contributed by atoms with Crippen LogP contribution < -0.4 is 5.32 Å². The van der Waals surface area contributed by atoms with Crippen LogP contribution in [0.15, 0.2) is 12.3 Å². The molecule has 3 rings (SSSR count). The highest BCUT2D eigenvalue weighted by Crippen LogP contribution is 2.28. The minimum Gasteiger partial charge on any atom is -0.396 e. The van der Waals surface area contributed by atoms with Crippen LogP contribution in [0.3, 0.4) is 0 Å². The highest BCUT2D eigenvalue weighted by Gasteiger charge is 2.27. The van der Waals surface area contributed by atoms with Crippen LogP contribution in [0.2, 0.25) is 5.15 Å². The molecule has 2 N–H and O–H groups in total. The zero-order chi connectivity index (χ0) is 19.4. The maximum atomic E-state index is 11.6. The van der Waals surface area contributed by atoms with Gasteiger partial charge in [-0.1, -0.05) is 23.4 Å². The van der Waals surface area contributed by atoms with Gasteiger partial charge in [0.1, 0.15) is 5.15 Å². The monoisotopic (exact) mass is 411 g/mol. The van der Waals surface area contributed by atoms with E-state index in [0.717, 1.165) is 43.4 Å². The van der Waals surface area contributed by atoms with Crippen LogP contribution in [0.1, 0.15) is 37.7 Å². The number of aromatic nitrogens is 1. The Labute approximate surface area is 166 Å². The molecule has 6 nitrogen and oxygen atoms in total. The summed E-state index contributed by atoms with van der Waals surface area (Å²) in [4.78, 5) is 4.14. The lowest BCUT2D eigenvalue weighted by Crippen LogP contribution is -2.27. The number of nitrogens with zero attached hydrogens (tertiary/aromatic N) is 2. The Bertz CT molecular complexity index is 826. The van der Waals surface area contributed by atoms with E-state index in [1.807, 2.05) is 0 Å². The molecule has 0 radical (unpaired) electrons. The summed E-state index contributed by atoms with van der Waals surface area (Å²) in [6.07, 6.45) is 7.68. The number of hydrogen-bond acceptors (Lipinski definition) is 5. The zero-order valence-corrected chi connectivity index (χ0v) is 17.1. The first kappa shape index (κ1) is 20.4. The molecule has 148 valence electrons. The molecule has 1 saturated carbocycles. The molecule has 2 fully saturated rings. The van der Waals surface area contributed by atoms with Crippen LogP contribution in [0, 0.1) is 23.7 Å². The van der Waals surface area contributed by atoms with Crippen molar-refractivity contribution >= 4 is 27.3 Å². The fraction of sp³-hybridized carbons (Fsp3) is 0.632. The first-order valence-corrected chi connectivity index (χ1v) is 11.6. The lowest BCUT2D eigenvalue weighted by molar-refractivity contribution is 0.186. The van der Waals surface area contributed by atoms with Crippen LogP contribution >= 0.6 is 11.6 Å². The largest absolute Gasteiger partial charge is 0.396 e. The second-order valence-electron chi connectivity index (χ2n) is 7.47. The molecule has 1 unspecified atom stereocenters. The predicted octanol–water partition coefficient (Wildman–Crippen LogP) is 2.33. The molecule has 1 aromatic rings. The lowest BCUT2D eigenvalue weighted by Gasteiger charge is -2.29. The van der Waals surface area contributed by atoms with Gasteiger partial charge in [-0.3, -0.25) is 0 Å². The second-order valence-corrected chi connectivity index (χ2v) is 9.84. The van der Waals surface area contributed by atoms with Crippen molar-refractivity contribution in [1.29, 1.82) is 0 Å². The van der Waals surface area contributed by atoms with Crippen molar-refractivity contribution in [3.63, 3.8) is 0 Å². The number of anilines is 1. The van der Waals surface area contributed by atoms with Crippen molar-refractivity contribution in [2.75, 3.05) is 31.3 Å². The van der Waals surface area contributed by atoms with E-state index < -0.39 is 10.0 Å². The van der Waals surface area contributed by atoms with Crippen LogP contribution in [0.5, 0.6) is 0 Å². The molecule has 8 heteroatoms. The van der Waals surface area contributed by atoms with E-state index >= 15 is 0 Å². The van der Waals surface area contributed by atoms with E-state index in [1.54, 1.807) is 12.3 Å². The molecule has 1 atom stereocenters. The van der Waals surface area contributed by atoms with E-state index in [9.17, 15) is 13.5 Å². The molecule has 1 saturated heterocycles. The SMILES string of the molecule is CS(=O)(=O)N1CCC(C#Cc2cnc(Cl)cc2NC2CCC(CO)CC2)C1. The van der Waals surface area contributed by atoms with Gasteiger partial charge >= 0.3 is 0 Å². The van der Waals surface area contributed by atoms with Gasteiger partial charge in [-0.05, 0) is 44.1 Å². The molecule has 0 aromatic carbocycles. The summed E-state index contributed by atoms with van der Waals surface area (Å²) in [5.74, 6) is 6.81. The first-order valence-electron chi connectivity index (χ1n) is 9.34. The van der Waals surface area contributed by atoms with Crippen molar-refractivity contribution in [2.45, 2.75) is 38.1 Å². The van der Waals surface area contributed by atoms with E-state index in [1.165, 1.54) is 10.6 Å². The van der Waals surface area contributed by atoms with E-state index in [2.05, 4.69) is 22.1 Å². The molecule has 0 spiro atoms. The summed E-state index contributed by atoms with van der Waals surface area (Å²) in [6, 6.07) is 2.13. The highest BCUT2D eigenvalue weighted by molar-refractivity contribution is 7.88. The smallest absolute Gasteiger partial charge is 0.211 e. The summed E-state index contributed by atoms with van der Waals surface area (Å²) in [5, 5.41) is 13.2. The number of halogens is 1. The van der Waals surface area contributed by atoms with Gasteiger partial charge in [-0.15, -0.1) is 0 Å². The Morgan fingerprint density at radius 2 is 2.07 bits per heavy atom. The Morgan fingerprint density at radius 1 is 1.33 bits per heavy atom. The summed E-state index contributed by atoms with van der Waals surface area (Å²) >= 11 is 6.07. The van der Waals surface area contributed by atoms with Crippen LogP contribution in [-0.4, -0.2) is 54.8 Å². The zero-order valence-electron chi connectivity index (χ0n) is 15.5. The molecule has 0 bridgehead atoms. The number of nitrogens with one attached hydrogen (secondary N) is 1. The molecule has 1 aliphatic carbocycles. The third kappa shape index (κ3) is 5.58. The molecule has 2 heterocycles. The summed E-state index contributed by atoms with van der Waals surface area (Å²) in [6.45, 7) is 1.23. The maximum absolute atomic E-state index is 11.6. The number of hydrogen-bond donors (Lipinski definition) is 2. The van der Waals surface area contributed by atoms with Crippen molar-refractivity contribution < 1.29 is 13.5 Å². The molecule has 27 heavy (non-hydrogen) atoms. The fourth-order valence-electron chi connectivity index (χ4n) is 3.69. The molecule has 2 aliphatic rings. The Kier molecular flexibility index (Phi) is 6.64. The predicted molar refractivity (Wildman–Crippen MR) is 107 cm³/mol. The van der Waals surface area contributed by atoms with Crippen LogP contribution in [-0.2, 0) is 10.0 Å². The minimum atomic E-state index is -3.15. The third-order valence-electron chi connectivity index (χ3n) is 5.37. The third-order valence-corrected chi connectivity index (χ3v) is 6.84. The van der Waals surface area contributed by atoms with Crippen LogP contribution in [0.25, 0.3) is 0 Å². The van der Waals surface area contributed by atoms with Crippen molar-refractivity contribution in [3.8, 4) is 11.8 Å². The normalized spacial score (nSPS) is 26.4. The summed E-state index contributed by atoms with van der Waals surface area (Å²) in [5.41, 5.74) is 1.65. The minimum absolute atomic E-state index is 0.0308. The standard InChI is InChI=1S/C19H26ClN3O3S/c1-27(25,26)23-9-8-14(12-23)2-5-16-11-21-19(20)10-18(16)22-17-6-3-15(13-24)4-7-17/h10-11,14-15,17,24H,3-4,6-9,12-13H2,1H3,(H,21,22). The maximum Gasteiger partial charge on any atom is 0.211 e. The van der Waals surface area contributed by atoms with E-state index in [-0.39, 0.29) is 12.5 Å². The van der Waals surface area contributed by atoms with Crippen LogP contribution in [0.4, 0.5) is 5.69 Å². The topological polar surface area (TPSA) is 82.5 Å². The van der Waals surface area contributed by atoms with Gasteiger partial charge in [0.05, 0.1) is 17.5 Å². The number of sulfonamides is 1. The summed E-state index contributed by atoms with van der Waals surface area (Å²) in [7, 11) is -3.15. The van der Waals surface area contributed by atoms with Gasteiger partial charge in [0.2, 0.25) is 10.0 Å². The van der Waals surface area contributed by atoms with Gasteiger partial charge in [0.15, 0.2) is 0 Å². The first-order chi connectivity index (χ1) is 12.8. The lowest BCUT2D eigenvalue weighted by atomic mass is 9.86. The van der Waals surface area contributed by atoms with Crippen molar-refractivity contribution in [2.24, 2.45) is 11.8 Å². The Hall–Kier alpha value is -1.33. The Balaban J connectivity index is 1.69. The number of aliphatic hydroxyl groups excluding tert-OH is 1. The van der Waals surface area contributed by atoms with Gasteiger partial charge in [-0.25, -0.2) is 17.7 Å². The number of aliphatic hydroxyl groups is 1. The average Bonchev–Trinajstić information content (AvgIpc) is 3.11. The van der Waals surface area contributed by atoms with Gasteiger partial charge in [0.25, 0.3) is 0 Å². The molecular formula is C19H26ClN3O3S. The van der Waals surface area contributed by atoms with Crippen molar-refractivity contribution in [3.05, 3.63) is 23.0 Å². The molecular weight excluding hydrogens is 386 g/mol. The second kappa shape index (κ2) is 8.78. The Morgan fingerprint density at radius 3 is 2.70 bits per heavy atom. The average molecular weight is 412 g/mol. The van der Waals surface area contributed by atoms with E-state index in [0.29, 0.717) is 30.2 Å². The molecule has 1 aromatic heterocycles. The van der Waals surface area contributed by atoms with Gasteiger partial charge in [0, 0.05) is 37.9 Å². The summed E-state index contributed by atoms with van der Waals surface area (Å²) < 4.78 is 24.8. The molecule has 0 amide bonds. The quantitative estimate of drug-likeness (QED) is 0.587. The van der Waals surface area contributed by atoms with Gasteiger partial charge in [-0.2, -0.15) is 0 Å². The van der Waals surface area contributed by atoms with Crippen molar-refractivity contribution in [1.82, 2.24) is 9.29 Å². The van der Waals surface area contributed by atoms with E-state index in [4.69, 9.17) is 11.6 Å². The fourth-order valence-corrected chi connectivity index (χ4v) is 4.73.